The Hall–Kier alpha value is -1.51. The summed E-state index contributed by atoms with van der Waals surface area (Å²) in [6.07, 6.45) is 0. The smallest absolute Gasteiger partial charge is 0.134 e. The van der Waals surface area contributed by atoms with Gasteiger partial charge >= 0.3 is 0 Å². The number of nitrogens with zero attached hydrogens (tertiary/aromatic N) is 2. The highest BCUT2D eigenvalue weighted by molar-refractivity contribution is 5.10. The third-order valence-electron chi connectivity index (χ3n) is 2.09. The zero-order chi connectivity index (χ0) is 10.7. The van der Waals surface area contributed by atoms with E-state index in [1.165, 1.54) is 5.69 Å². The van der Waals surface area contributed by atoms with Gasteiger partial charge < -0.3 is 10.3 Å². The maximum Gasteiger partial charge on any atom is 0.134 e. The lowest BCUT2D eigenvalue weighted by Crippen LogP contribution is -2.22. The van der Waals surface area contributed by atoms with Crippen molar-refractivity contribution in [2.45, 2.75) is 19.8 Å². The van der Waals surface area contributed by atoms with Crippen molar-refractivity contribution < 1.29 is 0 Å². The van der Waals surface area contributed by atoms with Crippen LogP contribution in [0.1, 0.15) is 25.5 Å². The summed E-state index contributed by atoms with van der Waals surface area (Å²) in [7, 11) is 1.98. The predicted molar refractivity (Wildman–Crippen MR) is 58.4 cm³/mol. The second kappa shape index (κ2) is 4.13. The van der Waals surface area contributed by atoms with Crippen molar-refractivity contribution in [3.63, 3.8) is 0 Å². The average molecular weight is 191 g/mol. The summed E-state index contributed by atoms with van der Waals surface area (Å²) in [5.74, 6) is 0.808. The maximum absolute atomic E-state index is 5.45. The highest BCUT2D eigenvalue weighted by atomic mass is 15.0. The molecule has 76 valence electrons. The Kier molecular flexibility index (Phi) is 3.12. The number of hydrogen-bond donors (Lipinski definition) is 1. The molecule has 1 heterocycles. The topological polar surface area (TPSA) is 43.3 Å². The molecule has 1 aromatic heterocycles. The van der Waals surface area contributed by atoms with Crippen LogP contribution in [0.4, 0.5) is 0 Å². The van der Waals surface area contributed by atoms with Crippen LogP contribution in [0, 0.1) is 0 Å². The van der Waals surface area contributed by atoms with Gasteiger partial charge in [0.25, 0.3) is 0 Å². The molecule has 0 bridgehead atoms. The summed E-state index contributed by atoms with van der Waals surface area (Å²) < 4.78 is 2.03. The molecule has 0 aliphatic rings. The van der Waals surface area contributed by atoms with E-state index in [-0.39, 0.29) is 0 Å². The molecule has 0 saturated carbocycles. The Balaban J connectivity index is 3.35. The van der Waals surface area contributed by atoms with Gasteiger partial charge in [0.1, 0.15) is 11.3 Å². The molecule has 0 atom stereocenters. The number of rotatable bonds is 2. The van der Waals surface area contributed by atoms with E-state index in [1.54, 1.807) is 0 Å². The molecule has 0 spiro atoms. The van der Waals surface area contributed by atoms with Crippen LogP contribution in [0.5, 0.6) is 0 Å². The van der Waals surface area contributed by atoms with Gasteiger partial charge in [0.05, 0.1) is 0 Å². The van der Waals surface area contributed by atoms with E-state index >= 15 is 0 Å². The van der Waals surface area contributed by atoms with Crippen molar-refractivity contribution in [1.29, 1.82) is 0 Å². The maximum atomic E-state index is 5.45. The van der Waals surface area contributed by atoms with E-state index in [9.17, 15) is 0 Å². The Morgan fingerprint density at radius 2 is 2.14 bits per heavy atom. The van der Waals surface area contributed by atoms with Crippen molar-refractivity contribution in [1.82, 2.24) is 4.57 Å². The van der Waals surface area contributed by atoms with Crippen molar-refractivity contribution in [2.24, 2.45) is 17.8 Å². The normalized spacial score (nSPS) is 12.1. The van der Waals surface area contributed by atoms with Gasteiger partial charge in [-0.1, -0.05) is 26.5 Å². The standard InChI is InChI=1S/C11H17N3/c1-8(2)10-6-5-7-11(14(10)4)13-9(3)12/h5-8H,3,12H2,1-2,4H3. The van der Waals surface area contributed by atoms with Crippen LogP contribution in [0.2, 0.25) is 0 Å². The first-order valence-corrected chi connectivity index (χ1v) is 4.67. The lowest BCUT2D eigenvalue weighted by molar-refractivity contribution is 0.694. The number of hydrogen-bond acceptors (Lipinski definition) is 2. The van der Waals surface area contributed by atoms with Crippen molar-refractivity contribution in [3.05, 3.63) is 41.8 Å². The first kappa shape index (κ1) is 10.6. The predicted octanol–water partition coefficient (Wildman–Crippen LogP) is 1.48. The summed E-state index contributed by atoms with van der Waals surface area (Å²) in [5, 5.41) is 0. The van der Waals surface area contributed by atoms with Gasteiger partial charge in [-0.25, -0.2) is 4.99 Å². The van der Waals surface area contributed by atoms with Gasteiger partial charge in [-0.2, -0.15) is 0 Å². The van der Waals surface area contributed by atoms with Crippen LogP contribution in [0.15, 0.2) is 35.6 Å². The Morgan fingerprint density at radius 3 is 2.64 bits per heavy atom. The van der Waals surface area contributed by atoms with Gasteiger partial charge in [0.2, 0.25) is 0 Å². The summed E-state index contributed by atoms with van der Waals surface area (Å²) in [6, 6.07) is 5.99. The minimum absolute atomic E-state index is 0.335. The Labute approximate surface area is 84.6 Å². The number of pyridine rings is 1. The molecular formula is C11H17N3. The summed E-state index contributed by atoms with van der Waals surface area (Å²) in [6.45, 7) is 7.86. The van der Waals surface area contributed by atoms with Crippen molar-refractivity contribution >= 4 is 0 Å². The zero-order valence-electron chi connectivity index (χ0n) is 8.99. The van der Waals surface area contributed by atoms with E-state index in [2.05, 4.69) is 31.5 Å². The fourth-order valence-electron chi connectivity index (χ4n) is 1.43. The molecule has 0 aliphatic carbocycles. The van der Waals surface area contributed by atoms with Crippen molar-refractivity contribution in [3.8, 4) is 0 Å². The summed E-state index contributed by atoms with van der Waals surface area (Å²) >= 11 is 0. The Bertz CT molecular complexity index is 399. The molecule has 0 aromatic carbocycles. The number of nitrogens with two attached hydrogens (primary N) is 1. The van der Waals surface area contributed by atoms with E-state index in [0.717, 1.165) is 5.49 Å². The average Bonchev–Trinajstić information content (AvgIpc) is 2.07. The molecule has 0 aliphatic heterocycles. The van der Waals surface area contributed by atoms with Crippen LogP contribution in [-0.2, 0) is 7.05 Å². The second-order valence-electron chi connectivity index (χ2n) is 3.63. The van der Waals surface area contributed by atoms with E-state index in [1.807, 2.05) is 23.7 Å². The minimum atomic E-state index is 0.335. The fourth-order valence-corrected chi connectivity index (χ4v) is 1.43. The van der Waals surface area contributed by atoms with Crippen LogP contribution in [0.25, 0.3) is 0 Å². The molecule has 2 N–H and O–H groups in total. The lowest BCUT2D eigenvalue weighted by Gasteiger charge is -2.12. The molecule has 1 rings (SSSR count). The molecular weight excluding hydrogens is 174 g/mol. The lowest BCUT2D eigenvalue weighted by atomic mass is 10.1. The second-order valence-corrected chi connectivity index (χ2v) is 3.63. The molecule has 3 nitrogen and oxygen atoms in total. The summed E-state index contributed by atoms with van der Waals surface area (Å²) in [5.41, 5.74) is 7.51. The molecule has 0 amide bonds. The molecule has 0 unspecified atom stereocenters. The highest BCUT2D eigenvalue weighted by Gasteiger charge is 2.01. The van der Waals surface area contributed by atoms with Gasteiger partial charge in [0, 0.05) is 12.7 Å². The van der Waals surface area contributed by atoms with Crippen LogP contribution < -0.4 is 11.2 Å². The first-order chi connectivity index (χ1) is 6.52. The van der Waals surface area contributed by atoms with E-state index in [4.69, 9.17) is 5.73 Å². The Morgan fingerprint density at radius 1 is 1.50 bits per heavy atom. The van der Waals surface area contributed by atoms with Crippen LogP contribution in [-0.4, -0.2) is 4.57 Å². The van der Waals surface area contributed by atoms with Crippen LogP contribution >= 0.6 is 0 Å². The summed E-state index contributed by atoms with van der Waals surface area (Å²) in [4.78, 5) is 4.15. The molecule has 14 heavy (non-hydrogen) atoms. The third kappa shape index (κ3) is 2.25. The molecule has 0 fully saturated rings. The van der Waals surface area contributed by atoms with Gasteiger partial charge in [-0.15, -0.1) is 0 Å². The van der Waals surface area contributed by atoms with Gasteiger partial charge in [-0.3, -0.25) is 0 Å². The van der Waals surface area contributed by atoms with E-state index in [0.29, 0.717) is 11.7 Å². The fraction of sp³-hybridized carbons (Fsp3) is 0.364. The largest absolute Gasteiger partial charge is 0.384 e. The van der Waals surface area contributed by atoms with Crippen LogP contribution in [0.3, 0.4) is 0 Å². The molecule has 0 radical (unpaired) electrons. The molecule has 1 aromatic rings. The highest BCUT2D eigenvalue weighted by Crippen LogP contribution is 2.10. The monoisotopic (exact) mass is 191 g/mol. The minimum Gasteiger partial charge on any atom is -0.384 e. The third-order valence-corrected chi connectivity index (χ3v) is 2.09. The number of aromatic nitrogens is 1. The first-order valence-electron chi connectivity index (χ1n) is 4.67. The van der Waals surface area contributed by atoms with Gasteiger partial charge in [-0.05, 0) is 18.1 Å². The molecule has 3 heteroatoms. The van der Waals surface area contributed by atoms with Gasteiger partial charge in [0.15, 0.2) is 0 Å². The molecule has 0 saturated heterocycles. The van der Waals surface area contributed by atoms with Crippen molar-refractivity contribution in [2.75, 3.05) is 0 Å². The quantitative estimate of drug-likeness (QED) is 0.756. The van der Waals surface area contributed by atoms with E-state index < -0.39 is 0 Å². The zero-order valence-corrected chi connectivity index (χ0v) is 8.99. The SMILES string of the molecule is C=C(N)N=c1cccc(C(C)C)n1C.